The zero-order chi connectivity index (χ0) is 15.0. The van der Waals surface area contributed by atoms with Crippen molar-refractivity contribution >= 4 is 5.78 Å². The predicted molar refractivity (Wildman–Crippen MR) is 77.5 cm³/mol. The summed E-state index contributed by atoms with van der Waals surface area (Å²) in [6.45, 7) is 0.767. The maximum Gasteiger partial charge on any atom is 0.292 e. The van der Waals surface area contributed by atoms with Crippen molar-refractivity contribution < 1.29 is 9.90 Å². The fourth-order valence-electron chi connectivity index (χ4n) is 1.92. The number of hydrogen-bond acceptors (Lipinski definition) is 5. The summed E-state index contributed by atoms with van der Waals surface area (Å²) in [7, 11) is 0. The van der Waals surface area contributed by atoms with Gasteiger partial charge in [-0.2, -0.15) is 0 Å². The minimum Gasteiger partial charge on any atom is -0.503 e. The van der Waals surface area contributed by atoms with Gasteiger partial charge in [-0.15, -0.1) is 0 Å². The summed E-state index contributed by atoms with van der Waals surface area (Å²) >= 11 is 0. The van der Waals surface area contributed by atoms with Crippen molar-refractivity contribution in [3.63, 3.8) is 0 Å². The first-order valence-corrected chi connectivity index (χ1v) is 6.90. The first kappa shape index (κ1) is 16.4. The van der Waals surface area contributed by atoms with Gasteiger partial charge in [0.1, 0.15) is 5.78 Å². The summed E-state index contributed by atoms with van der Waals surface area (Å²) in [4.78, 5) is 23.2. The Morgan fingerprint density at radius 1 is 1.35 bits per heavy atom. The SMILES string of the molecule is NCC(N)CCCCC(=O)CCn1cccc(O)c1=O. The van der Waals surface area contributed by atoms with E-state index < -0.39 is 5.56 Å². The van der Waals surface area contributed by atoms with E-state index in [-0.39, 0.29) is 17.6 Å². The quantitative estimate of drug-likeness (QED) is 0.566. The number of Topliss-reactive ketones (excluding diaryl/α,β-unsaturated/α-hetero) is 1. The van der Waals surface area contributed by atoms with Gasteiger partial charge in [0.15, 0.2) is 5.75 Å². The van der Waals surface area contributed by atoms with Gasteiger partial charge in [-0.1, -0.05) is 6.42 Å². The van der Waals surface area contributed by atoms with E-state index in [1.54, 1.807) is 12.3 Å². The molecular weight excluding hydrogens is 258 g/mol. The molecule has 1 aromatic heterocycles. The summed E-state index contributed by atoms with van der Waals surface area (Å²) in [6, 6.07) is 2.92. The Morgan fingerprint density at radius 3 is 2.80 bits per heavy atom. The van der Waals surface area contributed by atoms with Gasteiger partial charge in [-0.05, 0) is 25.0 Å². The van der Waals surface area contributed by atoms with Crippen LogP contribution in [0.25, 0.3) is 0 Å². The summed E-state index contributed by atoms with van der Waals surface area (Å²) in [5.41, 5.74) is 10.6. The van der Waals surface area contributed by atoms with Crippen LogP contribution in [0.2, 0.25) is 0 Å². The van der Waals surface area contributed by atoms with E-state index >= 15 is 0 Å². The number of nitrogens with two attached hydrogens (primary N) is 2. The molecule has 0 aliphatic carbocycles. The summed E-state index contributed by atoms with van der Waals surface area (Å²) < 4.78 is 1.34. The fourth-order valence-corrected chi connectivity index (χ4v) is 1.92. The van der Waals surface area contributed by atoms with Gasteiger partial charge in [0.05, 0.1) is 0 Å². The average Bonchev–Trinajstić information content (AvgIpc) is 2.44. The average molecular weight is 281 g/mol. The van der Waals surface area contributed by atoms with Gasteiger partial charge in [0, 0.05) is 38.2 Å². The third-order valence-corrected chi connectivity index (χ3v) is 3.21. The van der Waals surface area contributed by atoms with E-state index in [1.807, 2.05) is 0 Å². The molecule has 1 heterocycles. The molecule has 0 aliphatic rings. The van der Waals surface area contributed by atoms with Gasteiger partial charge < -0.3 is 21.1 Å². The molecule has 0 aromatic carbocycles. The molecule has 6 heteroatoms. The molecule has 0 amide bonds. The lowest BCUT2D eigenvalue weighted by Gasteiger charge is -2.08. The molecule has 0 aliphatic heterocycles. The minimum absolute atomic E-state index is 0.0102. The second-order valence-corrected chi connectivity index (χ2v) is 4.92. The molecule has 0 radical (unpaired) electrons. The number of aromatic nitrogens is 1. The molecule has 1 unspecified atom stereocenters. The highest BCUT2D eigenvalue weighted by atomic mass is 16.3. The van der Waals surface area contributed by atoms with E-state index in [1.165, 1.54) is 10.6 Å². The molecule has 0 saturated carbocycles. The lowest BCUT2D eigenvalue weighted by atomic mass is 10.1. The maximum absolute atomic E-state index is 11.7. The highest BCUT2D eigenvalue weighted by molar-refractivity contribution is 5.78. The third-order valence-electron chi connectivity index (χ3n) is 3.21. The van der Waals surface area contributed by atoms with E-state index in [9.17, 15) is 14.7 Å². The molecule has 6 nitrogen and oxygen atoms in total. The van der Waals surface area contributed by atoms with Crippen molar-refractivity contribution in [1.82, 2.24) is 4.57 Å². The number of ketones is 1. The zero-order valence-corrected chi connectivity index (χ0v) is 11.6. The van der Waals surface area contributed by atoms with E-state index in [4.69, 9.17) is 11.5 Å². The van der Waals surface area contributed by atoms with Crippen molar-refractivity contribution in [2.24, 2.45) is 11.5 Å². The van der Waals surface area contributed by atoms with Crippen molar-refractivity contribution in [2.45, 2.75) is 44.7 Å². The second-order valence-electron chi connectivity index (χ2n) is 4.92. The van der Waals surface area contributed by atoms with Crippen molar-refractivity contribution in [3.8, 4) is 5.75 Å². The van der Waals surface area contributed by atoms with E-state index in [2.05, 4.69) is 0 Å². The topological polar surface area (TPSA) is 111 Å². The summed E-state index contributed by atoms with van der Waals surface area (Å²) in [6.07, 6.45) is 4.86. The number of nitrogens with zero attached hydrogens (tertiary/aromatic N) is 1. The smallest absolute Gasteiger partial charge is 0.292 e. The zero-order valence-electron chi connectivity index (χ0n) is 11.6. The van der Waals surface area contributed by atoms with Crippen LogP contribution >= 0.6 is 0 Å². The Balaban J connectivity index is 2.26. The minimum atomic E-state index is -0.464. The Hall–Kier alpha value is -1.66. The van der Waals surface area contributed by atoms with Gasteiger partial charge in [-0.3, -0.25) is 9.59 Å². The number of pyridine rings is 1. The van der Waals surface area contributed by atoms with Crippen LogP contribution in [-0.2, 0) is 11.3 Å². The molecule has 0 spiro atoms. The number of rotatable bonds is 9. The molecule has 112 valence electrons. The van der Waals surface area contributed by atoms with Crippen molar-refractivity contribution in [3.05, 3.63) is 28.7 Å². The number of aromatic hydroxyl groups is 1. The molecule has 1 atom stereocenters. The highest BCUT2D eigenvalue weighted by Gasteiger charge is 2.06. The lowest BCUT2D eigenvalue weighted by molar-refractivity contribution is -0.119. The van der Waals surface area contributed by atoms with Crippen LogP contribution < -0.4 is 17.0 Å². The number of aryl methyl sites for hydroxylation is 1. The first-order chi connectivity index (χ1) is 9.54. The Kier molecular flexibility index (Phi) is 6.97. The molecule has 20 heavy (non-hydrogen) atoms. The fraction of sp³-hybridized carbons (Fsp3) is 0.571. The standard InChI is InChI=1S/C14H23N3O3/c15-10-11(16)4-1-2-5-12(18)7-9-17-8-3-6-13(19)14(17)20/h3,6,8,11,19H,1-2,4-5,7,9-10,15-16H2. The van der Waals surface area contributed by atoms with Crippen LogP contribution in [0.15, 0.2) is 23.1 Å². The number of carbonyl (C=O) groups is 1. The predicted octanol–water partition coefficient (Wildman–Crippen LogP) is 0.359. The van der Waals surface area contributed by atoms with Crippen LogP contribution in [0.1, 0.15) is 32.1 Å². The normalized spacial score (nSPS) is 12.3. The van der Waals surface area contributed by atoms with Crippen LogP contribution in [0, 0.1) is 0 Å². The molecule has 0 bridgehead atoms. The lowest BCUT2D eigenvalue weighted by Crippen LogP contribution is -2.29. The third kappa shape index (κ3) is 5.54. The Labute approximate surface area is 118 Å². The van der Waals surface area contributed by atoms with E-state index in [0.29, 0.717) is 25.9 Å². The van der Waals surface area contributed by atoms with Gasteiger partial charge in [0.25, 0.3) is 5.56 Å². The Bertz CT molecular complexity index is 485. The van der Waals surface area contributed by atoms with Crippen LogP contribution in [0.5, 0.6) is 5.75 Å². The molecule has 1 aromatic rings. The highest BCUT2D eigenvalue weighted by Crippen LogP contribution is 2.05. The van der Waals surface area contributed by atoms with E-state index in [0.717, 1.165) is 19.3 Å². The monoisotopic (exact) mass is 281 g/mol. The van der Waals surface area contributed by atoms with Gasteiger partial charge in [-0.25, -0.2) is 0 Å². The summed E-state index contributed by atoms with van der Waals surface area (Å²) in [5.74, 6) is -0.183. The number of carbonyl (C=O) groups excluding carboxylic acids is 1. The van der Waals surface area contributed by atoms with Crippen LogP contribution in [-0.4, -0.2) is 28.0 Å². The summed E-state index contributed by atoms with van der Waals surface area (Å²) in [5, 5.41) is 9.27. The number of hydrogen-bond donors (Lipinski definition) is 3. The Morgan fingerprint density at radius 2 is 2.10 bits per heavy atom. The van der Waals surface area contributed by atoms with Crippen LogP contribution in [0.3, 0.4) is 0 Å². The molecule has 0 saturated heterocycles. The van der Waals surface area contributed by atoms with Crippen molar-refractivity contribution in [2.75, 3.05) is 6.54 Å². The van der Waals surface area contributed by atoms with Gasteiger partial charge >= 0.3 is 0 Å². The van der Waals surface area contributed by atoms with Crippen molar-refractivity contribution in [1.29, 1.82) is 0 Å². The maximum atomic E-state index is 11.7. The van der Waals surface area contributed by atoms with Gasteiger partial charge in [0.2, 0.25) is 0 Å². The molecule has 0 fully saturated rings. The second kappa shape index (κ2) is 8.50. The molecule has 1 rings (SSSR count). The molecule has 5 N–H and O–H groups in total. The van der Waals surface area contributed by atoms with Crippen LogP contribution in [0.4, 0.5) is 0 Å². The first-order valence-electron chi connectivity index (χ1n) is 6.90. The molecular formula is C14H23N3O3. The number of unbranched alkanes of at least 4 members (excludes halogenated alkanes) is 1. The largest absolute Gasteiger partial charge is 0.503 e.